The van der Waals surface area contributed by atoms with Crippen LogP contribution in [0.15, 0.2) is 84.4 Å². The third-order valence-corrected chi connectivity index (χ3v) is 6.15. The summed E-state index contributed by atoms with van der Waals surface area (Å²) >= 11 is 0. The van der Waals surface area contributed by atoms with Gasteiger partial charge in [-0.25, -0.2) is 0 Å². The van der Waals surface area contributed by atoms with Gasteiger partial charge in [0.1, 0.15) is 23.9 Å². The lowest BCUT2D eigenvalue weighted by molar-refractivity contribution is -0.140. The normalized spacial score (nSPS) is 16.7. The highest BCUT2D eigenvalue weighted by Crippen LogP contribution is 2.40. The van der Waals surface area contributed by atoms with Crippen molar-refractivity contribution in [1.29, 1.82) is 0 Å². The molecule has 1 amide bonds. The minimum Gasteiger partial charge on any atom is -0.507 e. The number of carbonyl (C=O) groups is 2. The van der Waals surface area contributed by atoms with Crippen molar-refractivity contribution in [2.24, 2.45) is 0 Å². The van der Waals surface area contributed by atoms with E-state index in [0.29, 0.717) is 55.4 Å². The van der Waals surface area contributed by atoms with Crippen molar-refractivity contribution in [3.63, 3.8) is 0 Å². The number of methoxy groups -OCH3 is 1. The number of hydrogen-bond acceptors (Lipinski definition) is 6. The number of Topliss-reactive ketones (excluding diaryl/α,β-unsaturated/α-hetero) is 1. The zero-order chi connectivity index (χ0) is 26.2. The first-order valence-electron chi connectivity index (χ1n) is 12.3. The molecule has 192 valence electrons. The number of aliphatic hydroxyl groups is 1. The maximum atomic E-state index is 13.2. The lowest BCUT2D eigenvalue weighted by Crippen LogP contribution is -2.31. The van der Waals surface area contributed by atoms with Gasteiger partial charge < -0.3 is 24.2 Å². The van der Waals surface area contributed by atoms with Gasteiger partial charge in [-0.15, -0.1) is 0 Å². The minimum atomic E-state index is -0.760. The number of likely N-dealkylation sites (tertiary alicyclic amines) is 1. The molecule has 1 unspecified atom stereocenters. The monoisotopic (exact) mass is 501 g/mol. The van der Waals surface area contributed by atoms with Gasteiger partial charge in [0, 0.05) is 25.8 Å². The Morgan fingerprint density at radius 1 is 0.919 bits per heavy atom. The summed E-state index contributed by atoms with van der Waals surface area (Å²) in [5.41, 5.74) is 2.18. The van der Waals surface area contributed by atoms with E-state index in [4.69, 9.17) is 14.2 Å². The van der Waals surface area contributed by atoms with E-state index in [1.54, 1.807) is 31.4 Å². The Morgan fingerprint density at radius 3 is 2.38 bits per heavy atom. The number of aliphatic hydroxyl groups excluding tert-OH is 1. The molecule has 0 radical (unpaired) electrons. The summed E-state index contributed by atoms with van der Waals surface area (Å²) in [7, 11) is 1.59. The minimum absolute atomic E-state index is 0.0480. The van der Waals surface area contributed by atoms with Crippen molar-refractivity contribution < 1.29 is 28.9 Å². The Labute approximate surface area is 216 Å². The Hall–Kier alpha value is -4.10. The average Bonchev–Trinajstić information content (AvgIpc) is 3.18. The van der Waals surface area contributed by atoms with Crippen molar-refractivity contribution >= 4 is 17.4 Å². The fraction of sp³-hybridized carbons (Fsp3) is 0.267. The molecule has 7 nitrogen and oxygen atoms in total. The number of amides is 1. The second-order valence-electron chi connectivity index (χ2n) is 8.64. The number of benzene rings is 3. The van der Waals surface area contributed by atoms with E-state index >= 15 is 0 Å². The molecule has 1 heterocycles. The van der Waals surface area contributed by atoms with Crippen LogP contribution in [0.2, 0.25) is 0 Å². The van der Waals surface area contributed by atoms with E-state index in [2.05, 4.69) is 0 Å². The first-order chi connectivity index (χ1) is 18.0. The molecule has 4 rings (SSSR count). The molecule has 37 heavy (non-hydrogen) atoms. The predicted octanol–water partition coefficient (Wildman–Crippen LogP) is 5.12. The van der Waals surface area contributed by atoms with E-state index in [1.807, 2.05) is 61.5 Å². The molecular formula is C30H31NO6. The first kappa shape index (κ1) is 26.0. The van der Waals surface area contributed by atoms with E-state index < -0.39 is 17.7 Å². The third kappa shape index (κ3) is 6.01. The first-order valence-corrected chi connectivity index (χ1v) is 12.3. The summed E-state index contributed by atoms with van der Waals surface area (Å²) in [6, 6.07) is 23.1. The van der Waals surface area contributed by atoms with Crippen LogP contribution in [0.3, 0.4) is 0 Å². The number of carbonyl (C=O) groups excluding carboxylic acids is 2. The topological polar surface area (TPSA) is 85.3 Å². The Balaban J connectivity index is 1.70. The Morgan fingerprint density at radius 2 is 1.68 bits per heavy atom. The van der Waals surface area contributed by atoms with E-state index in [1.165, 1.54) is 4.90 Å². The lowest BCUT2D eigenvalue weighted by atomic mass is 9.95. The fourth-order valence-electron chi connectivity index (χ4n) is 4.38. The van der Waals surface area contributed by atoms with Gasteiger partial charge in [-0.1, -0.05) is 42.5 Å². The predicted molar refractivity (Wildman–Crippen MR) is 140 cm³/mol. The number of ether oxygens (including phenoxy) is 3. The van der Waals surface area contributed by atoms with Crippen molar-refractivity contribution in [2.75, 3.05) is 26.9 Å². The largest absolute Gasteiger partial charge is 0.507 e. The summed E-state index contributed by atoms with van der Waals surface area (Å²) in [5.74, 6) is -0.339. The van der Waals surface area contributed by atoms with Gasteiger partial charge in [0.05, 0.1) is 18.2 Å². The van der Waals surface area contributed by atoms with Gasteiger partial charge in [0.15, 0.2) is 0 Å². The van der Waals surface area contributed by atoms with Crippen molar-refractivity contribution in [1.82, 2.24) is 4.90 Å². The van der Waals surface area contributed by atoms with Crippen molar-refractivity contribution in [3.05, 3.63) is 101 Å². The van der Waals surface area contributed by atoms with E-state index in [0.717, 1.165) is 5.56 Å². The highest BCUT2D eigenvalue weighted by molar-refractivity contribution is 6.46. The SMILES string of the molecule is CCOc1ccc(C(O)=C2C(=O)C(=O)N(CCCOC)C2c2cccc(OCc3ccccc3)c2)cc1. The summed E-state index contributed by atoms with van der Waals surface area (Å²) in [6.45, 7) is 3.52. The summed E-state index contributed by atoms with van der Waals surface area (Å²) in [4.78, 5) is 27.8. The van der Waals surface area contributed by atoms with Crippen LogP contribution in [0.5, 0.6) is 11.5 Å². The van der Waals surface area contributed by atoms with Gasteiger partial charge >= 0.3 is 0 Å². The molecule has 7 heteroatoms. The van der Waals surface area contributed by atoms with Crippen LogP contribution in [0.25, 0.3) is 5.76 Å². The molecule has 1 atom stereocenters. The smallest absolute Gasteiger partial charge is 0.295 e. The highest BCUT2D eigenvalue weighted by Gasteiger charge is 2.45. The third-order valence-electron chi connectivity index (χ3n) is 6.15. The second kappa shape index (κ2) is 12.2. The van der Waals surface area contributed by atoms with Crippen LogP contribution in [0.4, 0.5) is 0 Å². The molecule has 1 aliphatic heterocycles. The molecule has 0 spiro atoms. The van der Waals surface area contributed by atoms with Crippen LogP contribution >= 0.6 is 0 Å². The molecule has 0 saturated carbocycles. The molecule has 0 bridgehead atoms. The zero-order valence-electron chi connectivity index (χ0n) is 21.1. The quantitative estimate of drug-likeness (QED) is 0.170. The molecule has 0 aliphatic carbocycles. The maximum Gasteiger partial charge on any atom is 0.295 e. The molecule has 1 N–H and O–H groups in total. The second-order valence-corrected chi connectivity index (χ2v) is 8.64. The van der Waals surface area contributed by atoms with Crippen LogP contribution in [0.1, 0.15) is 36.1 Å². The van der Waals surface area contributed by atoms with Crippen LogP contribution in [0, 0.1) is 0 Å². The van der Waals surface area contributed by atoms with E-state index in [-0.39, 0.29) is 11.3 Å². The summed E-state index contributed by atoms with van der Waals surface area (Å²) in [5, 5.41) is 11.3. The molecule has 0 aromatic heterocycles. The van der Waals surface area contributed by atoms with Gasteiger partial charge in [0.2, 0.25) is 0 Å². The fourth-order valence-corrected chi connectivity index (χ4v) is 4.38. The molecular weight excluding hydrogens is 470 g/mol. The van der Waals surface area contributed by atoms with Gasteiger partial charge in [-0.05, 0) is 60.9 Å². The van der Waals surface area contributed by atoms with Gasteiger partial charge in [-0.3, -0.25) is 9.59 Å². The van der Waals surface area contributed by atoms with Crippen LogP contribution < -0.4 is 9.47 Å². The summed E-state index contributed by atoms with van der Waals surface area (Å²) < 4.78 is 16.6. The van der Waals surface area contributed by atoms with E-state index in [9.17, 15) is 14.7 Å². The number of ketones is 1. The van der Waals surface area contributed by atoms with Crippen LogP contribution in [-0.4, -0.2) is 48.6 Å². The summed E-state index contributed by atoms with van der Waals surface area (Å²) in [6.07, 6.45) is 0.549. The number of rotatable bonds is 11. The molecule has 1 fully saturated rings. The molecule has 1 aliphatic rings. The van der Waals surface area contributed by atoms with Crippen LogP contribution in [-0.2, 0) is 20.9 Å². The Bertz CT molecular complexity index is 1250. The van der Waals surface area contributed by atoms with Gasteiger partial charge in [0.25, 0.3) is 11.7 Å². The average molecular weight is 502 g/mol. The van der Waals surface area contributed by atoms with Crippen molar-refractivity contribution in [3.8, 4) is 11.5 Å². The molecule has 3 aromatic carbocycles. The highest BCUT2D eigenvalue weighted by atomic mass is 16.5. The number of nitrogens with zero attached hydrogens (tertiary/aromatic N) is 1. The maximum absolute atomic E-state index is 13.2. The Kier molecular flexibility index (Phi) is 8.59. The zero-order valence-corrected chi connectivity index (χ0v) is 21.1. The van der Waals surface area contributed by atoms with Gasteiger partial charge in [-0.2, -0.15) is 0 Å². The molecule has 3 aromatic rings. The molecule has 1 saturated heterocycles. The lowest BCUT2D eigenvalue weighted by Gasteiger charge is -2.25. The standard InChI is InChI=1S/C30H31NO6/c1-3-36-24-15-13-22(14-16-24)28(32)26-27(31(17-8-18-35-2)30(34)29(26)33)23-11-7-12-25(19-23)37-20-21-9-5-4-6-10-21/h4-7,9-16,19,27,32H,3,8,17-18,20H2,1-2H3. The number of hydrogen-bond donors (Lipinski definition) is 1. The van der Waals surface area contributed by atoms with Crippen molar-refractivity contribution in [2.45, 2.75) is 26.0 Å².